The van der Waals surface area contributed by atoms with Crippen LogP contribution < -0.4 is 11.1 Å². The number of amides is 3. The summed E-state index contributed by atoms with van der Waals surface area (Å²) >= 11 is 5.87. The number of nitrogens with one attached hydrogen (secondary N) is 1. The standard InChI is InChI=1S/C17H19ClN4O3/c18-13-5-3-11(4-6-13)15-8-14(25-21-15)9-20-17(24)22-7-1-2-12(10-22)16(19)23/h3-6,8,12H,1-2,7,9-10H2,(H2,19,23)(H,20,24)/t12-/m1/s1. The fourth-order valence-electron chi connectivity index (χ4n) is 2.82. The minimum Gasteiger partial charge on any atom is -0.369 e. The highest BCUT2D eigenvalue weighted by atomic mass is 35.5. The molecule has 0 radical (unpaired) electrons. The molecule has 7 nitrogen and oxygen atoms in total. The van der Waals surface area contributed by atoms with Gasteiger partial charge in [-0.3, -0.25) is 4.79 Å². The number of hydrogen-bond acceptors (Lipinski definition) is 4. The lowest BCUT2D eigenvalue weighted by atomic mass is 9.98. The predicted molar refractivity (Wildman–Crippen MR) is 92.7 cm³/mol. The molecule has 1 aliphatic rings. The van der Waals surface area contributed by atoms with Crippen molar-refractivity contribution in [3.05, 3.63) is 41.1 Å². The molecule has 0 spiro atoms. The number of rotatable bonds is 4. The number of aromatic nitrogens is 1. The molecule has 0 unspecified atom stereocenters. The van der Waals surface area contributed by atoms with Gasteiger partial charge in [-0.05, 0) is 25.0 Å². The SMILES string of the molecule is NC(=O)[C@@H]1CCCN(C(=O)NCc2cc(-c3ccc(Cl)cc3)no2)C1. The van der Waals surface area contributed by atoms with Gasteiger partial charge >= 0.3 is 6.03 Å². The summed E-state index contributed by atoms with van der Waals surface area (Å²) in [5.41, 5.74) is 6.89. The molecule has 1 aromatic heterocycles. The zero-order chi connectivity index (χ0) is 17.8. The van der Waals surface area contributed by atoms with E-state index < -0.39 is 0 Å². The van der Waals surface area contributed by atoms with Gasteiger partial charge in [0.1, 0.15) is 5.69 Å². The summed E-state index contributed by atoms with van der Waals surface area (Å²) in [6.45, 7) is 1.19. The van der Waals surface area contributed by atoms with E-state index in [0.717, 1.165) is 18.4 Å². The van der Waals surface area contributed by atoms with E-state index in [4.69, 9.17) is 21.9 Å². The van der Waals surface area contributed by atoms with Crippen molar-refractivity contribution < 1.29 is 14.1 Å². The quantitative estimate of drug-likeness (QED) is 0.871. The van der Waals surface area contributed by atoms with Gasteiger partial charge in [0, 0.05) is 29.7 Å². The molecule has 0 aliphatic carbocycles. The average Bonchev–Trinajstić information content (AvgIpc) is 3.09. The molecule has 2 aromatic rings. The maximum Gasteiger partial charge on any atom is 0.317 e. The summed E-state index contributed by atoms with van der Waals surface area (Å²) < 4.78 is 5.26. The van der Waals surface area contributed by atoms with E-state index in [1.54, 1.807) is 23.1 Å². The van der Waals surface area contributed by atoms with E-state index in [-0.39, 0.29) is 24.4 Å². The van der Waals surface area contributed by atoms with Gasteiger partial charge in [0.25, 0.3) is 0 Å². The molecular weight excluding hydrogens is 344 g/mol. The Morgan fingerprint density at radius 3 is 2.84 bits per heavy atom. The molecule has 1 aliphatic heterocycles. The lowest BCUT2D eigenvalue weighted by molar-refractivity contribution is -0.123. The molecule has 1 atom stereocenters. The van der Waals surface area contributed by atoms with Crippen LogP contribution in [0.2, 0.25) is 5.02 Å². The van der Waals surface area contributed by atoms with Gasteiger partial charge < -0.3 is 20.5 Å². The number of halogens is 1. The van der Waals surface area contributed by atoms with Crippen LogP contribution in [0.4, 0.5) is 4.79 Å². The maximum absolute atomic E-state index is 12.2. The summed E-state index contributed by atoms with van der Waals surface area (Å²) in [5.74, 6) is -0.0941. The van der Waals surface area contributed by atoms with Crippen molar-refractivity contribution in [2.75, 3.05) is 13.1 Å². The largest absolute Gasteiger partial charge is 0.369 e. The number of carbonyl (C=O) groups excluding carboxylic acids is 2. The third kappa shape index (κ3) is 4.30. The first-order valence-corrected chi connectivity index (χ1v) is 8.44. The average molecular weight is 363 g/mol. The lowest BCUT2D eigenvalue weighted by Crippen LogP contribution is -2.47. The predicted octanol–water partition coefficient (Wildman–Crippen LogP) is 2.40. The summed E-state index contributed by atoms with van der Waals surface area (Å²) in [5, 5.41) is 7.43. The topological polar surface area (TPSA) is 101 Å². The Hall–Kier alpha value is -2.54. The fraction of sp³-hybridized carbons (Fsp3) is 0.353. The van der Waals surface area contributed by atoms with Crippen molar-refractivity contribution in [3.8, 4) is 11.3 Å². The summed E-state index contributed by atoms with van der Waals surface area (Å²) in [7, 11) is 0. The second kappa shape index (κ2) is 7.57. The molecule has 0 bridgehead atoms. The smallest absolute Gasteiger partial charge is 0.317 e. The number of likely N-dealkylation sites (tertiary alicyclic amines) is 1. The molecule has 3 amide bonds. The van der Waals surface area contributed by atoms with Gasteiger partial charge in [-0.25, -0.2) is 4.79 Å². The van der Waals surface area contributed by atoms with Gasteiger partial charge in [-0.1, -0.05) is 28.9 Å². The van der Waals surface area contributed by atoms with Crippen LogP contribution in [0.1, 0.15) is 18.6 Å². The minimum absolute atomic E-state index is 0.219. The van der Waals surface area contributed by atoms with E-state index in [1.165, 1.54) is 0 Å². The van der Waals surface area contributed by atoms with E-state index >= 15 is 0 Å². The normalized spacial score (nSPS) is 17.3. The molecule has 132 valence electrons. The molecule has 2 heterocycles. The van der Waals surface area contributed by atoms with Crippen LogP contribution in [0.5, 0.6) is 0 Å². The highest BCUT2D eigenvalue weighted by Crippen LogP contribution is 2.21. The van der Waals surface area contributed by atoms with E-state index in [0.29, 0.717) is 29.6 Å². The fourth-order valence-corrected chi connectivity index (χ4v) is 2.95. The van der Waals surface area contributed by atoms with Gasteiger partial charge in [-0.2, -0.15) is 0 Å². The summed E-state index contributed by atoms with van der Waals surface area (Å²) in [6, 6.07) is 8.78. The molecule has 3 rings (SSSR count). The first-order chi connectivity index (χ1) is 12.0. The molecule has 1 fully saturated rings. The first-order valence-electron chi connectivity index (χ1n) is 8.06. The highest BCUT2D eigenvalue weighted by molar-refractivity contribution is 6.30. The number of nitrogens with zero attached hydrogens (tertiary/aromatic N) is 2. The van der Waals surface area contributed by atoms with Crippen LogP contribution in [0, 0.1) is 5.92 Å². The van der Waals surface area contributed by atoms with Gasteiger partial charge in [0.05, 0.1) is 12.5 Å². The van der Waals surface area contributed by atoms with Crippen LogP contribution in [-0.2, 0) is 11.3 Å². The molecule has 25 heavy (non-hydrogen) atoms. The molecule has 8 heteroatoms. The van der Waals surface area contributed by atoms with Crippen LogP contribution in [-0.4, -0.2) is 35.1 Å². The Morgan fingerprint density at radius 2 is 2.12 bits per heavy atom. The Balaban J connectivity index is 1.56. The molecule has 3 N–H and O–H groups in total. The van der Waals surface area contributed by atoms with Crippen LogP contribution >= 0.6 is 11.6 Å². The minimum atomic E-state index is -0.361. The summed E-state index contributed by atoms with van der Waals surface area (Å²) in [6.07, 6.45) is 1.50. The van der Waals surface area contributed by atoms with Crippen LogP contribution in [0.15, 0.2) is 34.9 Å². The van der Waals surface area contributed by atoms with Crippen molar-refractivity contribution in [1.29, 1.82) is 0 Å². The zero-order valence-corrected chi connectivity index (χ0v) is 14.3. The molecule has 0 saturated carbocycles. The number of carbonyl (C=O) groups is 2. The van der Waals surface area contributed by atoms with E-state index in [2.05, 4.69) is 10.5 Å². The number of hydrogen-bond donors (Lipinski definition) is 2. The highest BCUT2D eigenvalue weighted by Gasteiger charge is 2.26. The Kier molecular flexibility index (Phi) is 5.23. The van der Waals surface area contributed by atoms with Crippen molar-refractivity contribution in [3.63, 3.8) is 0 Å². The third-order valence-corrected chi connectivity index (χ3v) is 4.48. The molecule has 1 saturated heterocycles. The van der Waals surface area contributed by atoms with Crippen molar-refractivity contribution in [1.82, 2.24) is 15.4 Å². The first kappa shape index (κ1) is 17.3. The zero-order valence-electron chi connectivity index (χ0n) is 13.6. The molecular formula is C17H19ClN4O3. The van der Waals surface area contributed by atoms with E-state index in [1.807, 2.05) is 12.1 Å². The Morgan fingerprint density at radius 1 is 1.36 bits per heavy atom. The summed E-state index contributed by atoms with van der Waals surface area (Å²) in [4.78, 5) is 25.1. The van der Waals surface area contributed by atoms with Gasteiger partial charge in [-0.15, -0.1) is 0 Å². The van der Waals surface area contributed by atoms with Gasteiger partial charge in [0.15, 0.2) is 5.76 Å². The van der Waals surface area contributed by atoms with E-state index in [9.17, 15) is 9.59 Å². The second-order valence-corrected chi connectivity index (χ2v) is 6.47. The Labute approximate surface area is 150 Å². The van der Waals surface area contributed by atoms with Crippen molar-refractivity contribution in [2.24, 2.45) is 11.7 Å². The number of piperidine rings is 1. The maximum atomic E-state index is 12.2. The number of benzene rings is 1. The monoisotopic (exact) mass is 362 g/mol. The van der Waals surface area contributed by atoms with Crippen molar-refractivity contribution >= 4 is 23.5 Å². The van der Waals surface area contributed by atoms with Crippen LogP contribution in [0.3, 0.4) is 0 Å². The Bertz CT molecular complexity index is 760. The van der Waals surface area contributed by atoms with Crippen molar-refractivity contribution in [2.45, 2.75) is 19.4 Å². The second-order valence-electron chi connectivity index (χ2n) is 6.03. The molecule has 1 aromatic carbocycles. The van der Waals surface area contributed by atoms with Gasteiger partial charge in [0.2, 0.25) is 5.91 Å². The van der Waals surface area contributed by atoms with Crippen LogP contribution in [0.25, 0.3) is 11.3 Å². The lowest BCUT2D eigenvalue weighted by Gasteiger charge is -2.31. The third-order valence-electron chi connectivity index (χ3n) is 4.22. The number of primary amides is 1. The number of nitrogens with two attached hydrogens (primary N) is 1. The number of urea groups is 1.